The van der Waals surface area contributed by atoms with E-state index in [4.69, 9.17) is 4.74 Å². The summed E-state index contributed by atoms with van der Waals surface area (Å²) in [6.45, 7) is 3.74. The van der Waals surface area contributed by atoms with Crippen molar-refractivity contribution in [1.82, 2.24) is 4.98 Å². The molecule has 18 heavy (non-hydrogen) atoms. The second-order valence-corrected chi connectivity index (χ2v) is 6.07. The Morgan fingerprint density at radius 3 is 2.67 bits per heavy atom. The second-order valence-electron chi connectivity index (χ2n) is 3.98. The van der Waals surface area contributed by atoms with Gasteiger partial charge in [-0.05, 0) is 48.0 Å². The largest absolute Gasteiger partial charge is 0.496 e. The summed E-state index contributed by atoms with van der Waals surface area (Å²) in [6, 6.07) is 5.85. The molecule has 0 bridgehead atoms. The first-order valence-corrected chi connectivity index (χ1v) is 7.13. The Hall–Kier alpha value is -0.910. The molecule has 1 N–H and O–H groups in total. The van der Waals surface area contributed by atoms with Gasteiger partial charge in [-0.1, -0.05) is 0 Å². The summed E-state index contributed by atoms with van der Waals surface area (Å²) in [4.78, 5) is 5.58. The van der Waals surface area contributed by atoms with Gasteiger partial charge in [0.15, 0.2) is 0 Å². The first-order chi connectivity index (χ1) is 8.52. The van der Waals surface area contributed by atoms with E-state index in [0.717, 1.165) is 31.4 Å². The Kier molecular flexibility index (Phi) is 4.04. The summed E-state index contributed by atoms with van der Waals surface area (Å²) < 4.78 is 6.10. The van der Waals surface area contributed by atoms with Gasteiger partial charge in [-0.2, -0.15) is 0 Å². The summed E-state index contributed by atoms with van der Waals surface area (Å²) >= 11 is 4.99. The normalized spacial score (nSPS) is 12.5. The van der Waals surface area contributed by atoms with Gasteiger partial charge in [0.2, 0.25) is 0 Å². The number of thiazole rings is 1. The van der Waals surface area contributed by atoms with Gasteiger partial charge in [0.1, 0.15) is 16.9 Å². The van der Waals surface area contributed by atoms with Crippen LogP contribution in [0.5, 0.6) is 5.75 Å². The van der Waals surface area contributed by atoms with Crippen molar-refractivity contribution in [2.24, 2.45) is 0 Å². The lowest BCUT2D eigenvalue weighted by Crippen LogP contribution is -1.90. The lowest BCUT2D eigenvalue weighted by Gasteiger charge is -2.05. The van der Waals surface area contributed by atoms with E-state index < -0.39 is 6.10 Å². The fourth-order valence-electron chi connectivity index (χ4n) is 1.68. The number of hydrogen-bond donors (Lipinski definition) is 1. The molecule has 3 nitrogen and oxygen atoms in total. The maximum Gasteiger partial charge on any atom is 0.133 e. The van der Waals surface area contributed by atoms with Crippen molar-refractivity contribution in [2.75, 3.05) is 7.11 Å². The zero-order chi connectivity index (χ0) is 13.3. The van der Waals surface area contributed by atoms with Gasteiger partial charge in [-0.15, -0.1) is 11.3 Å². The van der Waals surface area contributed by atoms with Crippen LogP contribution in [0.4, 0.5) is 0 Å². The molecule has 0 spiro atoms. The molecule has 1 unspecified atom stereocenters. The Morgan fingerprint density at radius 1 is 1.44 bits per heavy atom. The fraction of sp³-hybridized carbons (Fsp3) is 0.308. The molecule has 0 amide bonds. The number of rotatable bonds is 3. The van der Waals surface area contributed by atoms with E-state index in [1.165, 1.54) is 11.3 Å². The minimum Gasteiger partial charge on any atom is -0.496 e. The first kappa shape index (κ1) is 13.5. The highest BCUT2D eigenvalue weighted by atomic mass is 79.9. The van der Waals surface area contributed by atoms with Gasteiger partial charge < -0.3 is 9.84 Å². The van der Waals surface area contributed by atoms with Crippen LogP contribution >= 0.6 is 27.3 Å². The highest BCUT2D eigenvalue weighted by Gasteiger charge is 2.14. The summed E-state index contributed by atoms with van der Waals surface area (Å²) in [6.07, 6.45) is -0.524. The smallest absolute Gasteiger partial charge is 0.133 e. The molecule has 0 saturated heterocycles. The number of aryl methyl sites for hydroxylation is 1. The summed E-state index contributed by atoms with van der Waals surface area (Å²) in [5, 5.41) is 10.3. The number of methoxy groups -OCH3 is 1. The van der Waals surface area contributed by atoms with Crippen LogP contribution in [-0.2, 0) is 0 Å². The molecule has 0 aliphatic heterocycles. The average molecular weight is 328 g/mol. The molecule has 2 aromatic rings. The van der Waals surface area contributed by atoms with E-state index >= 15 is 0 Å². The molecule has 0 saturated carbocycles. The Morgan fingerprint density at radius 2 is 2.17 bits per heavy atom. The SMILES string of the molecule is COc1ccc(-c2nc(C(C)O)sc2C)cc1Br. The molecule has 1 heterocycles. The molecule has 5 heteroatoms. The van der Waals surface area contributed by atoms with Crippen LogP contribution < -0.4 is 4.74 Å². The molecule has 96 valence electrons. The summed E-state index contributed by atoms with van der Waals surface area (Å²) in [7, 11) is 1.64. The minimum atomic E-state index is -0.524. The van der Waals surface area contributed by atoms with Gasteiger partial charge in [0.25, 0.3) is 0 Å². The number of halogens is 1. The number of aliphatic hydroxyl groups is 1. The van der Waals surface area contributed by atoms with Crippen LogP contribution in [-0.4, -0.2) is 17.2 Å². The van der Waals surface area contributed by atoms with E-state index in [1.807, 2.05) is 25.1 Å². The third kappa shape index (κ3) is 2.58. The Balaban J connectivity index is 2.45. The number of hydrogen-bond acceptors (Lipinski definition) is 4. The van der Waals surface area contributed by atoms with Crippen molar-refractivity contribution in [3.63, 3.8) is 0 Å². The molecule has 0 radical (unpaired) electrons. The summed E-state index contributed by atoms with van der Waals surface area (Å²) in [5.74, 6) is 0.794. The van der Waals surface area contributed by atoms with Crippen molar-refractivity contribution in [3.05, 3.63) is 32.6 Å². The van der Waals surface area contributed by atoms with Gasteiger partial charge in [-0.25, -0.2) is 4.98 Å². The van der Waals surface area contributed by atoms with E-state index in [9.17, 15) is 5.11 Å². The zero-order valence-corrected chi connectivity index (χ0v) is 12.8. The maximum atomic E-state index is 9.56. The van der Waals surface area contributed by atoms with Crippen LogP contribution in [0.2, 0.25) is 0 Å². The molecular formula is C13H14BrNO2S. The maximum absolute atomic E-state index is 9.56. The topological polar surface area (TPSA) is 42.4 Å². The zero-order valence-electron chi connectivity index (χ0n) is 10.4. The van der Waals surface area contributed by atoms with Crippen LogP contribution in [0.1, 0.15) is 22.9 Å². The lowest BCUT2D eigenvalue weighted by molar-refractivity contribution is 0.199. The lowest BCUT2D eigenvalue weighted by atomic mass is 10.1. The number of aliphatic hydroxyl groups excluding tert-OH is 1. The monoisotopic (exact) mass is 327 g/mol. The van der Waals surface area contributed by atoms with Crippen LogP contribution in [0.3, 0.4) is 0 Å². The number of aromatic nitrogens is 1. The van der Waals surface area contributed by atoms with Crippen molar-refractivity contribution in [2.45, 2.75) is 20.0 Å². The average Bonchev–Trinajstić information content (AvgIpc) is 2.71. The molecule has 1 aromatic carbocycles. The van der Waals surface area contributed by atoms with Crippen molar-refractivity contribution >= 4 is 27.3 Å². The molecule has 0 aliphatic carbocycles. The van der Waals surface area contributed by atoms with Gasteiger partial charge in [0, 0.05) is 10.4 Å². The number of ether oxygens (including phenoxy) is 1. The van der Waals surface area contributed by atoms with Gasteiger partial charge in [0.05, 0.1) is 17.3 Å². The molecule has 1 atom stereocenters. The quantitative estimate of drug-likeness (QED) is 0.928. The Bertz CT molecular complexity index is 566. The predicted octanol–water partition coefficient (Wildman–Crippen LogP) is 3.94. The fourth-order valence-corrected chi connectivity index (χ4v) is 3.10. The molecule has 2 rings (SSSR count). The van der Waals surface area contributed by atoms with Crippen LogP contribution in [0.25, 0.3) is 11.3 Å². The van der Waals surface area contributed by atoms with Crippen molar-refractivity contribution < 1.29 is 9.84 Å². The van der Waals surface area contributed by atoms with Crippen molar-refractivity contribution in [3.8, 4) is 17.0 Å². The molecule has 0 aliphatic rings. The Labute approximate surface area is 119 Å². The minimum absolute atomic E-state index is 0.524. The van der Waals surface area contributed by atoms with E-state index in [1.54, 1.807) is 14.0 Å². The third-order valence-electron chi connectivity index (χ3n) is 2.60. The molecular weight excluding hydrogens is 314 g/mol. The molecule has 1 aromatic heterocycles. The second kappa shape index (κ2) is 5.38. The number of nitrogens with zero attached hydrogens (tertiary/aromatic N) is 1. The number of benzene rings is 1. The highest BCUT2D eigenvalue weighted by molar-refractivity contribution is 9.10. The predicted molar refractivity (Wildman–Crippen MR) is 77.2 cm³/mol. The first-order valence-electron chi connectivity index (χ1n) is 5.52. The standard InChI is InChI=1S/C13H14BrNO2S/c1-7(16)13-15-12(8(2)18-13)9-4-5-11(17-3)10(14)6-9/h4-7,16H,1-3H3. The van der Waals surface area contributed by atoms with Crippen LogP contribution in [0.15, 0.2) is 22.7 Å². The van der Waals surface area contributed by atoms with Crippen molar-refractivity contribution in [1.29, 1.82) is 0 Å². The van der Waals surface area contributed by atoms with E-state index in [0.29, 0.717) is 0 Å². The van der Waals surface area contributed by atoms with Gasteiger partial charge in [-0.3, -0.25) is 0 Å². The van der Waals surface area contributed by atoms with E-state index in [-0.39, 0.29) is 0 Å². The van der Waals surface area contributed by atoms with Crippen LogP contribution in [0, 0.1) is 6.92 Å². The molecule has 0 fully saturated rings. The summed E-state index contributed by atoms with van der Waals surface area (Å²) in [5.41, 5.74) is 1.93. The van der Waals surface area contributed by atoms with Gasteiger partial charge >= 0.3 is 0 Å². The third-order valence-corrected chi connectivity index (χ3v) is 4.36. The highest BCUT2D eigenvalue weighted by Crippen LogP contribution is 2.34. The van der Waals surface area contributed by atoms with E-state index in [2.05, 4.69) is 20.9 Å².